The van der Waals surface area contributed by atoms with Gasteiger partial charge in [0, 0.05) is 6.21 Å². The molecule has 126 valence electrons. The van der Waals surface area contributed by atoms with Crippen LogP contribution < -0.4 is 9.47 Å². The Bertz CT molecular complexity index is 846. The van der Waals surface area contributed by atoms with Crippen molar-refractivity contribution in [3.63, 3.8) is 0 Å². The zero-order chi connectivity index (χ0) is 17.5. The Morgan fingerprint density at radius 1 is 0.960 bits per heavy atom. The molecule has 0 heterocycles. The first-order chi connectivity index (χ1) is 12.2. The number of methoxy groups -OCH3 is 1. The second-order valence-electron chi connectivity index (χ2n) is 5.42. The average Bonchev–Trinajstić information content (AvgIpc) is 2.67. The van der Waals surface area contributed by atoms with Gasteiger partial charge in [-0.15, -0.1) is 0 Å². The Morgan fingerprint density at radius 3 is 2.40 bits per heavy atom. The van der Waals surface area contributed by atoms with Crippen LogP contribution in [-0.2, 0) is 6.61 Å². The summed E-state index contributed by atoms with van der Waals surface area (Å²) < 4.78 is 11.9. The van der Waals surface area contributed by atoms with Crippen molar-refractivity contribution >= 4 is 27.8 Å². The van der Waals surface area contributed by atoms with Crippen molar-refractivity contribution in [2.75, 3.05) is 7.11 Å². The molecule has 3 nitrogen and oxygen atoms in total. The number of benzene rings is 3. The van der Waals surface area contributed by atoms with Gasteiger partial charge in [-0.1, -0.05) is 30.3 Å². The summed E-state index contributed by atoms with van der Waals surface area (Å²) in [6.07, 6.45) is 1.83. The highest BCUT2D eigenvalue weighted by molar-refractivity contribution is 9.10. The molecule has 0 radical (unpaired) electrons. The number of ether oxygens (including phenoxy) is 2. The van der Waals surface area contributed by atoms with Gasteiger partial charge >= 0.3 is 0 Å². The van der Waals surface area contributed by atoms with Crippen molar-refractivity contribution in [3.05, 3.63) is 88.4 Å². The first-order valence-electron chi connectivity index (χ1n) is 7.89. The van der Waals surface area contributed by atoms with Crippen LogP contribution in [0.4, 0.5) is 5.69 Å². The van der Waals surface area contributed by atoms with Crippen molar-refractivity contribution < 1.29 is 9.47 Å². The van der Waals surface area contributed by atoms with Crippen LogP contribution in [0.3, 0.4) is 0 Å². The van der Waals surface area contributed by atoms with Crippen molar-refractivity contribution in [1.29, 1.82) is 0 Å². The fraction of sp³-hybridized carbons (Fsp3) is 0.0952. The summed E-state index contributed by atoms with van der Waals surface area (Å²) in [6.45, 7) is 0.540. The van der Waals surface area contributed by atoms with Crippen LogP contribution in [-0.4, -0.2) is 13.3 Å². The van der Waals surface area contributed by atoms with Crippen molar-refractivity contribution in [1.82, 2.24) is 0 Å². The third kappa shape index (κ3) is 4.94. The van der Waals surface area contributed by atoms with Gasteiger partial charge < -0.3 is 9.47 Å². The van der Waals surface area contributed by atoms with E-state index in [0.29, 0.717) is 6.61 Å². The number of aliphatic imine (C=N–C) groups is 1. The highest BCUT2D eigenvalue weighted by Gasteiger charge is 2.02. The summed E-state index contributed by atoms with van der Waals surface area (Å²) in [5.41, 5.74) is 3.01. The van der Waals surface area contributed by atoms with Crippen molar-refractivity contribution in [2.24, 2.45) is 4.99 Å². The lowest BCUT2D eigenvalue weighted by molar-refractivity contribution is 0.304. The molecule has 0 fully saturated rings. The van der Waals surface area contributed by atoms with Crippen molar-refractivity contribution in [2.45, 2.75) is 6.61 Å². The average molecular weight is 396 g/mol. The summed E-state index contributed by atoms with van der Waals surface area (Å²) in [4.78, 5) is 4.47. The zero-order valence-corrected chi connectivity index (χ0v) is 15.4. The normalized spacial score (nSPS) is 10.8. The molecule has 0 aliphatic heterocycles. The minimum atomic E-state index is 0.540. The standard InChI is InChI=1S/C21H18BrNO2/c1-24-19-10-8-18(9-11-19)23-14-17-7-12-21(20(22)13-17)25-15-16-5-3-2-4-6-16/h2-14H,15H2,1H3. The van der Waals surface area contributed by atoms with E-state index < -0.39 is 0 Å². The molecule has 0 saturated heterocycles. The number of rotatable bonds is 6. The van der Waals surface area contributed by atoms with E-state index in [9.17, 15) is 0 Å². The summed E-state index contributed by atoms with van der Waals surface area (Å²) >= 11 is 3.56. The van der Waals surface area contributed by atoms with Gasteiger partial charge in [-0.3, -0.25) is 4.99 Å². The smallest absolute Gasteiger partial charge is 0.134 e. The van der Waals surface area contributed by atoms with E-state index >= 15 is 0 Å². The van der Waals surface area contributed by atoms with Gasteiger partial charge in [-0.25, -0.2) is 0 Å². The van der Waals surface area contributed by atoms with E-state index in [4.69, 9.17) is 9.47 Å². The molecule has 0 aliphatic carbocycles. The molecule has 0 spiro atoms. The van der Waals surface area contributed by atoms with E-state index in [1.807, 2.05) is 79.0 Å². The maximum atomic E-state index is 5.86. The van der Waals surface area contributed by atoms with Gasteiger partial charge in [-0.05, 0) is 69.5 Å². The van der Waals surface area contributed by atoms with Crippen LogP contribution in [0.25, 0.3) is 0 Å². The quantitative estimate of drug-likeness (QED) is 0.494. The monoisotopic (exact) mass is 395 g/mol. The fourth-order valence-corrected chi connectivity index (χ4v) is 2.78. The lowest BCUT2D eigenvalue weighted by Gasteiger charge is -2.08. The Labute approximate surface area is 156 Å². The van der Waals surface area contributed by atoms with Gasteiger partial charge in [0.1, 0.15) is 18.1 Å². The van der Waals surface area contributed by atoms with Gasteiger partial charge in [0.2, 0.25) is 0 Å². The van der Waals surface area contributed by atoms with E-state index in [2.05, 4.69) is 20.9 Å². The molecule has 0 amide bonds. The molecular weight excluding hydrogens is 378 g/mol. The highest BCUT2D eigenvalue weighted by atomic mass is 79.9. The van der Waals surface area contributed by atoms with Crippen LogP contribution in [0.2, 0.25) is 0 Å². The Morgan fingerprint density at radius 2 is 1.72 bits per heavy atom. The molecule has 3 rings (SSSR count). The number of halogens is 1. The molecular formula is C21H18BrNO2. The van der Waals surface area contributed by atoms with E-state index in [1.165, 1.54) is 0 Å². The van der Waals surface area contributed by atoms with E-state index in [0.717, 1.165) is 32.8 Å². The van der Waals surface area contributed by atoms with E-state index in [-0.39, 0.29) is 0 Å². The number of hydrogen-bond acceptors (Lipinski definition) is 3. The van der Waals surface area contributed by atoms with Crippen LogP contribution >= 0.6 is 15.9 Å². The fourth-order valence-electron chi connectivity index (χ4n) is 2.27. The summed E-state index contributed by atoms with van der Waals surface area (Å²) in [7, 11) is 1.65. The zero-order valence-electron chi connectivity index (χ0n) is 13.9. The molecule has 25 heavy (non-hydrogen) atoms. The molecule has 3 aromatic rings. The number of hydrogen-bond donors (Lipinski definition) is 0. The van der Waals surface area contributed by atoms with Gasteiger partial charge in [-0.2, -0.15) is 0 Å². The molecule has 0 N–H and O–H groups in total. The predicted octanol–water partition coefficient (Wildman–Crippen LogP) is 5.79. The van der Waals surface area contributed by atoms with Crippen LogP contribution in [0, 0.1) is 0 Å². The second-order valence-corrected chi connectivity index (χ2v) is 6.27. The van der Waals surface area contributed by atoms with Gasteiger partial charge in [0.25, 0.3) is 0 Å². The van der Waals surface area contributed by atoms with Crippen LogP contribution in [0.5, 0.6) is 11.5 Å². The SMILES string of the molecule is COc1ccc(N=Cc2ccc(OCc3ccccc3)c(Br)c2)cc1. The summed E-state index contributed by atoms with van der Waals surface area (Å²) in [6, 6.07) is 23.6. The van der Waals surface area contributed by atoms with Gasteiger partial charge in [0.15, 0.2) is 0 Å². The maximum Gasteiger partial charge on any atom is 0.134 e. The third-order valence-corrected chi connectivity index (χ3v) is 4.25. The third-order valence-electron chi connectivity index (χ3n) is 3.63. The summed E-state index contributed by atoms with van der Waals surface area (Å²) in [5, 5.41) is 0. The minimum Gasteiger partial charge on any atom is -0.497 e. The lowest BCUT2D eigenvalue weighted by Crippen LogP contribution is -1.96. The topological polar surface area (TPSA) is 30.8 Å². The number of nitrogens with zero attached hydrogens (tertiary/aromatic N) is 1. The molecule has 4 heteroatoms. The van der Waals surface area contributed by atoms with Crippen LogP contribution in [0.15, 0.2) is 82.3 Å². The summed E-state index contributed by atoms with van der Waals surface area (Å²) in [5.74, 6) is 1.63. The van der Waals surface area contributed by atoms with E-state index in [1.54, 1.807) is 7.11 Å². The maximum absolute atomic E-state index is 5.86. The Kier molecular flexibility index (Phi) is 5.86. The largest absolute Gasteiger partial charge is 0.497 e. The molecule has 0 aromatic heterocycles. The minimum absolute atomic E-state index is 0.540. The lowest BCUT2D eigenvalue weighted by atomic mass is 10.2. The molecule has 0 unspecified atom stereocenters. The molecule has 0 saturated carbocycles. The Hall–Kier alpha value is -2.59. The molecule has 0 atom stereocenters. The first-order valence-corrected chi connectivity index (χ1v) is 8.68. The molecule has 0 bridgehead atoms. The molecule has 0 aliphatic rings. The van der Waals surface area contributed by atoms with Crippen LogP contribution in [0.1, 0.15) is 11.1 Å². The Balaban J connectivity index is 1.65. The predicted molar refractivity (Wildman–Crippen MR) is 105 cm³/mol. The molecule has 3 aromatic carbocycles. The first kappa shape index (κ1) is 17.2. The van der Waals surface area contributed by atoms with Crippen molar-refractivity contribution in [3.8, 4) is 11.5 Å². The second kappa shape index (κ2) is 8.49. The van der Waals surface area contributed by atoms with Gasteiger partial charge in [0.05, 0.1) is 17.3 Å². The highest BCUT2D eigenvalue weighted by Crippen LogP contribution is 2.27.